The summed E-state index contributed by atoms with van der Waals surface area (Å²) in [6.45, 7) is 5.01. The summed E-state index contributed by atoms with van der Waals surface area (Å²) in [6.07, 6.45) is 4.09. The van der Waals surface area contributed by atoms with Gasteiger partial charge in [0, 0.05) is 18.8 Å². The molecule has 0 radical (unpaired) electrons. The first-order valence-electron chi connectivity index (χ1n) is 5.74. The van der Waals surface area contributed by atoms with E-state index in [0.29, 0.717) is 6.04 Å². The predicted molar refractivity (Wildman–Crippen MR) is 81.0 cm³/mol. The second-order valence-corrected chi connectivity index (χ2v) is 4.93. The Bertz CT molecular complexity index is 366. The van der Waals surface area contributed by atoms with Crippen molar-refractivity contribution in [3.8, 4) is 0 Å². The number of pyridine rings is 1. The van der Waals surface area contributed by atoms with E-state index in [2.05, 4.69) is 9.88 Å². The number of aromatic nitrogens is 1. The molecule has 1 aliphatic rings. The molecule has 18 heavy (non-hydrogen) atoms. The van der Waals surface area contributed by atoms with E-state index in [1.807, 2.05) is 19.2 Å². The van der Waals surface area contributed by atoms with Gasteiger partial charge in [0.1, 0.15) is 0 Å². The van der Waals surface area contributed by atoms with Gasteiger partial charge in [0.2, 0.25) is 0 Å². The predicted octanol–water partition coefficient (Wildman–Crippen LogP) is 2.81. The van der Waals surface area contributed by atoms with Crippen molar-refractivity contribution >= 4 is 36.4 Å². The summed E-state index contributed by atoms with van der Waals surface area (Å²) in [4.78, 5) is 6.68. The van der Waals surface area contributed by atoms with Crippen molar-refractivity contribution in [1.29, 1.82) is 0 Å². The average molecular weight is 313 g/mol. The topological polar surface area (TPSA) is 42.2 Å². The number of likely N-dealkylation sites (tertiary alicyclic amines) is 1. The van der Waals surface area contributed by atoms with Gasteiger partial charge in [0.15, 0.2) is 0 Å². The zero-order valence-corrected chi connectivity index (χ0v) is 12.8. The maximum atomic E-state index is 6.05. The van der Waals surface area contributed by atoms with E-state index in [9.17, 15) is 0 Å². The lowest BCUT2D eigenvalue weighted by Crippen LogP contribution is -2.39. The van der Waals surface area contributed by atoms with E-state index in [1.54, 1.807) is 0 Å². The number of hydrogen-bond acceptors (Lipinski definition) is 3. The summed E-state index contributed by atoms with van der Waals surface area (Å²) >= 11 is 6.05. The van der Waals surface area contributed by atoms with Crippen molar-refractivity contribution in [2.45, 2.75) is 32.4 Å². The number of piperidine rings is 1. The fraction of sp³-hybridized carbons (Fsp3) is 0.583. The Kier molecular flexibility index (Phi) is 8.15. The van der Waals surface area contributed by atoms with Crippen LogP contribution in [0.25, 0.3) is 0 Å². The lowest BCUT2D eigenvalue weighted by molar-refractivity contribution is 0.205. The molecule has 0 saturated carbocycles. The minimum atomic E-state index is 0. The monoisotopic (exact) mass is 311 g/mol. The van der Waals surface area contributed by atoms with Gasteiger partial charge in [-0.2, -0.15) is 0 Å². The highest BCUT2D eigenvalue weighted by atomic mass is 35.5. The molecule has 1 saturated heterocycles. The Hall–Kier alpha value is -0.0600. The van der Waals surface area contributed by atoms with Gasteiger partial charge in [0.25, 0.3) is 0 Å². The van der Waals surface area contributed by atoms with Crippen molar-refractivity contribution in [3.05, 3.63) is 28.5 Å². The minimum absolute atomic E-state index is 0. The Labute approximate surface area is 126 Å². The van der Waals surface area contributed by atoms with Gasteiger partial charge >= 0.3 is 0 Å². The minimum Gasteiger partial charge on any atom is -0.328 e. The van der Waals surface area contributed by atoms with Crippen LogP contribution in [0.4, 0.5) is 0 Å². The highest BCUT2D eigenvalue weighted by Crippen LogP contribution is 2.17. The van der Waals surface area contributed by atoms with Gasteiger partial charge in [-0.15, -0.1) is 24.8 Å². The molecular weight excluding hydrogens is 293 g/mol. The molecule has 0 aliphatic carbocycles. The van der Waals surface area contributed by atoms with Gasteiger partial charge in [-0.05, 0) is 44.5 Å². The molecule has 104 valence electrons. The molecule has 1 fully saturated rings. The molecule has 2 heterocycles. The molecule has 2 N–H and O–H groups in total. The molecule has 1 aromatic heterocycles. The van der Waals surface area contributed by atoms with Crippen LogP contribution in [0.15, 0.2) is 12.3 Å². The number of rotatable bonds is 2. The van der Waals surface area contributed by atoms with Crippen molar-refractivity contribution in [2.24, 2.45) is 5.73 Å². The Morgan fingerprint density at radius 3 is 2.56 bits per heavy atom. The van der Waals surface area contributed by atoms with Gasteiger partial charge < -0.3 is 5.73 Å². The molecule has 0 atom stereocenters. The first-order valence-corrected chi connectivity index (χ1v) is 6.12. The van der Waals surface area contributed by atoms with Crippen LogP contribution in [0, 0.1) is 6.92 Å². The quantitative estimate of drug-likeness (QED) is 0.913. The summed E-state index contributed by atoms with van der Waals surface area (Å²) in [5.41, 5.74) is 7.95. The molecule has 1 aromatic rings. The fourth-order valence-corrected chi connectivity index (χ4v) is 2.19. The molecule has 2 rings (SSSR count). The van der Waals surface area contributed by atoms with Crippen LogP contribution in [0.1, 0.15) is 24.1 Å². The summed E-state index contributed by atoms with van der Waals surface area (Å²) < 4.78 is 0. The molecule has 3 nitrogen and oxygen atoms in total. The van der Waals surface area contributed by atoms with Crippen molar-refractivity contribution in [3.63, 3.8) is 0 Å². The number of aryl methyl sites for hydroxylation is 1. The Morgan fingerprint density at radius 1 is 1.39 bits per heavy atom. The number of hydrogen-bond donors (Lipinski definition) is 1. The van der Waals surface area contributed by atoms with Crippen LogP contribution in [-0.2, 0) is 6.54 Å². The highest BCUT2D eigenvalue weighted by Gasteiger charge is 2.16. The second kappa shape index (κ2) is 8.18. The third kappa shape index (κ3) is 4.90. The van der Waals surface area contributed by atoms with E-state index >= 15 is 0 Å². The molecule has 1 aliphatic heterocycles. The van der Waals surface area contributed by atoms with E-state index < -0.39 is 0 Å². The largest absolute Gasteiger partial charge is 0.328 e. The van der Waals surface area contributed by atoms with Crippen LogP contribution >= 0.6 is 36.4 Å². The van der Waals surface area contributed by atoms with Crippen LogP contribution < -0.4 is 5.73 Å². The number of nitrogens with two attached hydrogens (primary N) is 1. The summed E-state index contributed by atoms with van der Waals surface area (Å²) in [7, 11) is 0. The molecular formula is C12H20Cl3N3. The molecule has 0 amide bonds. The van der Waals surface area contributed by atoms with Gasteiger partial charge in [0.05, 0.1) is 10.7 Å². The molecule has 0 bridgehead atoms. The zero-order valence-electron chi connectivity index (χ0n) is 10.4. The van der Waals surface area contributed by atoms with Crippen molar-refractivity contribution in [1.82, 2.24) is 9.88 Å². The molecule has 0 spiro atoms. The van der Waals surface area contributed by atoms with Gasteiger partial charge in [-0.25, -0.2) is 0 Å². The zero-order chi connectivity index (χ0) is 11.5. The second-order valence-electron chi connectivity index (χ2n) is 4.52. The van der Waals surface area contributed by atoms with E-state index in [1.165, 1.54) is 5.56 Å². The standard InChI is InChI=1S/C12H18ClN3.2ClH/c1-9-12(13)6-10(7-15-9)8-16-4-2-11(14)3-5-16;;/h6-7,11H,2-5,8,14H2,1H3;2*1H. The number of halogens is 3. The smallest absolute Gasteiger partial charge is 0.0621 e. The van der Waals surface area contributed by atoms with E-state index in [4.69, 9.17) is 17.3 Å². The van der Waals surface area contributed by atoms with Crippen LogP contribution in [0.3, 0.4) is 0 Å². The van der Waals surface area contributed by atoms with E-state index in [0.717, 1.165) is 43.2 Å². The fourth-order valence-electron chi connectivity index (χ4n) is 2.00. The summed E-state index contributed by atoms with van der Waals surface area (Å²) in [5, 5.41) is 0.756. The Balaban J connectivity index is 0.00000144. The van der Waals surface area contributed by atoms with Gasteiger partial charge in [-0.1, -0.05) is 11.6 Å². The molecule has 0 unspecified atom stereocenters. The lowest BCUT2D eigenvalue weighted by Gasteiger charge is -2.29. The average Bonchev–Trinajstić information content (AvgIpc) is 2.27. The Morgan fingerprint density at radius 2 is 2.00 bits per heavy atom. The van der Waals surface area contributed by atoms with Crippen molar-refractivity contribution < 1.29 is 0 Å². The number of nitrogens with zero attached hydrogens (tertiary/aromatic N) is 2. The summed E-state index contributed by atoms with van der Waals surface area (Å²) in [5.74, 6) is 0. The first kappa shape index (κ1) is 17.9. The SMILES string of the molecule is Cc1ncc(CN2CCC(N)CC2)cc1Cl.Cl.Cl. The van der Waals surface area contributed by atoms with Crippen LogP contribution in [0.2, 0.25) is 5.02 Å². The summed E-state index contributed by atoms with van der Waals surface area (Å²) in [6, 6.07) is 2.40. The maximum Gasteiger partial charge on any atom is 0.0621 e. The first-order chi connectivity index (χ1) is 7.65. The van der Waals surface area contributed by atoms with Crippen LogP contribution in [-0.4, -0.2) is 29.0 Å². The van der Waals surface area contributed by atoms with E-state index in [-0.39, 0.29) is 24.8 Å². The third-order valence-electron chi connectivity index (χ3n) is 3.12. The molecule has 6 heteroatoms. The third-order valence-corrected chi connectivity index (χ3v) is 3.50. The van der Waals surface area contributed by atoms with Crippen LogP contribution in [0.5, 0.6) is 0 Å². The highest BCUT2D eigenvalue weighted by molar-refractivity contribution is 6.31. The normalized spacial score (nSPS) is 16.8. The molecule has 0 aromatic carbocycles. The van der Waals surface area contributed by atoms with Gasteiger partial charge in [-0.3, -0.25) is 9.88 Å². The maximum absolute atomic E-state index is 6.05. The van der Waals surface area contributed by atoms with Crippen molar-refractivity contribution in [2.75, 3.05) is 13.1 Å². The lowest BCUT2D eigenvalue weighted by atomic mass is 10.1.